The molecule has 0 N–H and O–H groups in total. The van der Waals surface area contributed by atoms with Gasteiger partial charge in [-0.15, -0.1) is 0 Å². The van der Waals surface area contributed by atoms with Gasteiger partial charge in [0, 0.05) is 10.0 Å². The first-order valence-corrected chi connectivity index (χ1v) is 7.57. The van der Waals surface area contributed by atoms with E-state index in [9.17, 15) is 4.79 Å². The Kier molecular flexibility index (Phi) is 9.46. The fourth-order valence-corrected chi connectivity index (χ4v) is 1.89. The average Bonchev–Trinajstić information content (AvgIpc) is 2.48. The molecule has 7 heteroatoms. The van der Waals surface area contributed by atoms with Crippen molar-refractivity contribution < 1.29 is 24.0 Å². The molecule has 0 aliphatic heterocycles. The van der Waals surface area contributed by atoms with Crippen LogP contribution in [0.2, 0.25) is 10.0 Å². The van der Waals surface area contributed by atoms with Crippen LogP contribution in [0.1, 0.15) is 30.1 Å². The summed E-state index contributed by atoms with van der Waals surface area (Å²) >= 11 is 11.6. The number of benzene rings is 1. The van der Waals surface area contributed by atoms with Gasteiger partial charge < -0.3 is 14.4 Å². The summed E-state index contributed by atoms with van der Waals surface area (Å²) in [6.07, 6.45) is 4.72. The van der Waals surface area contributed by atoms with E-state index in [1.807, 2.05) is 0 Å². The van der Waals surface area contributed by atoms with Gasteiger partial charge in [-0.3, -0.25) is 0 Å². The number of esters is 1. The van der Waals surface area contributed by atoms with Gasteiger partial charge in [-0.25, -0.2) is 4.79 Å². The molecule has 1 aromatic rings. The third kappa shape index (κ3) is 8.12. The van der Waals surface area contributed by atoms with Crippen LogP contribution in [-0.4, -0.2) is 25.8 Å². The van der Waals surface area contributed by atoms with Crippen LogP contribution in [0, 0.1) is 0 Å². The van der Waals surface area contributed by atoms with Crippen molar-refractivity contribution in [3.63, 3.8) is 0 Å². The first kappa shape index (κ1) is 18.6. The van der Waals surface area contributed by atoms with E-state index in [0.29, 0.717) is 16.7 Å². The maximum Gasteiger partial charge on any atom is 0.338 e. The lowest BCUT2D eigenvalue weighted by atomic mass is 10.2. The predicted molar refractivity (Wildman–Crippen MR) is 83.8 cm³/mol. The van der Waals surface area contributed by atoms with Crippen molar-refractivity contribution in [1.29, 1.82) is 0 Å². The van der Waals surface area contributed by atoms with Crippen molar-refractivity contribution in [3.05, 3.63) is 46.3 Å². The van der Waals surface area contributed by atoms with Crippen molar-refractivity contribution in [3.8, 4) is 0 Å². The summed E-state index contributed by atoms with van der Waals surface area (Å²) in [5, 5.41) is 0.736. The van der Waals surface area contributed by atoms with Crippen molar-refractivity contribution in [2.24, 2.45) is 0 Å². The molecule has 0 atom stereocenters. The molecular formula is C15H18Cl2O5. The maximum absolute atomic E-state index is 11.7. The predicted octanol–water partition coefficient (Wildman–Crippen LogP) is 4.39. The summed E-state index contributed by atoms with van der Waals surface area (Å²) in [5.41, 5.74) is 0.280. The Balaban J connectivity index is 2.13. The zero-order valence-electron chi connectivity index (χ0n) is 12.2. The molecule has 0 heterocycles. The molecule has 122 valence electrons. The van der Waals surface area contributed by atoms with Crippen LogP contribution in [0.25, 0.3) is 0 Å². The summed E-state index contributed by atoms with van der Waals surface area (Å²) in [4.78, 5) is 21.2. The number of unbranched alkanes of at least 4 members (excludes halogenated alkanes) is 1. The first-order valence-electron chi connectivity index (χ1n) is 6.81. The Morgan fingerprint density at radius 2 is 1.82 bits per heavy atom. The number of carbonyl (C=O) groups is 1. The zero-order valence-corrected chi connectivity index (χ0v) is 13.7. The minimum atomic E-state index is -0.536. The Bertz CT molecular complexity index is 471. The molecule has 0 spiro atoms. The van der Waals surface area contributed by atoms with Crippen LogP contribution in [0.4, 0.5) is 0 Å². The van der Waals surface area contributed by atoms with Gasteiger partial charge in [-0.2, -0.15) is 4.89 Å². The van der Waals surface area contributed by atoms with Crippen molar-refractivity contribution in [2.45, 2.75) is 19.8 Å². The Hall–Kier alpha value is -1.43. The molecule has 0 unspecified atom stereocenters. The largest absolute Gasteiger partial charge is 0.498 e. The standard InChI is InChI=1S/C15H18Cl2O5/c1-2-3-4-19-5-7-21-22-8-6-20-15(18)12-9-13(16)11-14(17)10-12/h5,7,9-11H,2-4,6,8H2,1H3. The summed E-state index contributed by atoms with van der Waals surface area (Å²) in [6.45, 7) is 2.83. The molecule has 0 radical (unpaired) electrons. The van der Waals surface area contributed by atoms with Gasteiger partial charge in [-0.05, 0) is 24.6 Å². The quantitative estimate of drug-likeness (QED) is 0.206. The highest BCUT2D eigenvalue weighted by Gasteiger charge is 2.09. The van der Waals surface area contributed by atoms with E-state index in [1.165, 1.54) is 30.7 Å². The van der Waals surface area contributed by atoms with Crippen LogP contribution < -0.4 is 0 Å². The molecular weight excluding hydrogens is 331 g/mol. The van der Waals surface area contributed by atoms with Crippen LogP contribution in [0.15, 0.2) is 30.7 Å². The number of carbonyl (C=O) groups excluding carboxylic acids is 1. The van der Waals surface area contributed by atoms with Crippen molar-refractivity contribution in [1.82, 2.24) is 0 Å². The van der Waals surface area contributed by atoms with E-state index in [2.05, 4.69) is 6.92 Å². The monoisotopic (exact) mass is 348 g/mol. The van der Waals surface area contributed by atoms with Crippen molar-refractivity contribution >= 4 is 29.2 Å². The van der Waals surface area contributed by atoms with E-state index in [4.69, 9.17) is 42.5 Å². The molecule has 0 amide bonds. The highest BCUT2D eigenvalue weighted by molar-refractivity contribution is 6.35. The van der Waals surface area contributed by atoms with E-state index < -0.39 is 5.97 Å². The lowest BCUT2D eigenvalue weighted by Gasteiger charge is -2.05. The SMILES string of the molecule is CCCCOC=COOCCOC(=O)c1cc(Cl)cc(Cl)c1. The normalized spacial score (nSPS) is 10.7. The number of ether oxygens (including phenoxy) is 2. The zero-order chi connectivity index (χ0) is 16.2. The summed E-state index contributed by atoms with van der Waals surface area (Å²) < 4.78 is 10.1. The van der Waals surface area contributed by atoms with Crippen LogP contribution in [-0.2, 0) is 19.2 Å². The van der Waals surface area contributed by atoms with Gasteiger partial charge in [0.15, 0.2) is 6.26 Å². The average molecular weight is 349 g/mol. The fourth-order valence-electron chi connectivity index (χ4n) is 1.37. The van der Waals surface area contributed by atoms with Crippen molar-refractivity contribution in [2.75, 3.05) is 19.8 Å². The molecule has 0 aromatic heterocycles. The molecule has 5 nitrogen and oxygen atoms in total. The lowest BCUT2D eigenvalue weighted by Crippen LogP contribution is -2.10. The number of hydrogen-bond donors (Lipinski definition) is 0. The molecule has 0 aliphatic carbocycles. The van der Waals surface area contributed by atoms with Gasteiger partial charge in [-0.1, -0.05) is 36.5 Å². The summed E-state index contributed by atoms with van der Waals surface area (Å²) in [6, 6.07) is 4.48. The second-order valence-corrected chi connectivity index (χ2v) is 5.08. The Morgan fingerprint density at radius 1 is 1.09 bits per heavy atom. The van der Waals surface area contributed by atoms with Gasteiger partial charge in [0.25, 0.3) is 0 Å². The van der Waals surface area contributed by atoms with E-state index >= 15 is 0 Å². The maximum atomic E-state index is 11.7. The lowest BCUT2D eigenvalue weighted by molar-refractivity contribution is -0.254. The van der Waals surface area contributed by atoms with Crippen LogP contribution in [0.5, 0.6) is 0 Å². The van der Waals surface area contributed by atoms with Gasteiger partial charge >= 0.3 is 5.97 Å². The molecule has 1 aromatic carbocycles. The third-order valence-electron chi connectivity index (χ3n) is 2.39. The Labute approximate surface area is 139 Å². The molecule has 1 rings (SSSR count). The van der Waals surface area contributed by atoms with Crippen LogP contribution >= 0.6 is 23.2 Å². The number of rotatable bonds is 10. The highest BCUT2D eigenvalue weighted by Crippen LogP contribution is 2.19. The van der Waals surface area contributed by atoms with Crippen LogP contribution in [0.3, 0.4) is 0 Å². The second-order valence-electron chi connectivity index (χ2n) is 4.21. The van der Waals surface area contributed by atoms with E-state index in [1.54, 1.807) is 0 Å². The Morgan fingerprint density at radius 3 is 2.50 bits per heavy atom. The minimum Gasteiger partial charge on any atom is -0.498 e. The highest BCUT2D eigenvalue weighted by atomic mass is 35.5. The molecule has 22 heavy (non-hydrogen) atoms. The molecule has 0 saturated heterocycles. The first-order chi connectivity index (χ1) is 10.6. The molecule has 0 saturated carbocycles. The fraction of sp³-hybridized carbons (Fsp3) is 0.400. The number of hydrogen-bond acceptors (Lipinski definition) is 5. The summed E-state index contributed by atoms with van der Waals surface area (Å²) in [7, 11) is 0. The minimum absolute atomic E-state index is 0.0352. The van der Waals surface area contributed by atoms with E-state index in [0.717, 1.165) is 12.8 Å². The molecule has 0 fully saturated rings. The summed E-state index contributed by atoms with van der Waals surface area (Å²) in [5.74, 6) is -0.536. The molecule has 0 aliphatic rings. The third-order valence-corrected chi connectivity index (χ3v) is 2.83. The number of halogens is 2. The van der Waals surface area contributed by atoms with Gasteiger partial charge in [0.05, 0.1) is 12.2 Å². The van der Waals surface area contributed by atoms with E-state index in [-0.39, 0.29) is 18.8 Å². The smallest absolute Gasteiger partial charge is 0.338 e. The van der Waals surface area contributed by atoms with Gasteiger partial charge in [0.1, 0.15) is 19.5 Å². The molecule has 0 bridgehead atoms. The second kappa shape index (κ2) is 11.2. The topological polar surface area (TPSA) is 54.0 Å². The van der Waals surface area contributed by atoms with Gasteiger partial charge in [0.2, 0.25) is 0 Å².